The summed E-state index contributed by atoms with van der Waals surface area (Å²) in [6.07, 6.45) is 0.761. The van der Waals surface area contributed by atoms with Crippen molar-refractivity contribution < 1.29 is 9.53 Å². The summed E-state index contributed by atoms with van der Waals surface area (Å²) in [5.74, 6) is 0.905. The van der Waals surface area contributed by atoms with Gasteiger partial charge in [0.15, 0.2) is 0 Å². The number of nitrogens with zero attached hydrogens (tertiary/aromatic N) is 1. The number of carbonyl (C=O) groups excluding carboxylic acids is 1. The highest BCUT2D eigenvalue weighted by Gasteiger charge is 2.08. The van der Waals surface area contributed by atoms with E-state index in [9.17, 15) is 4.79 Å². The van der Waals surface area contributed by atoms with Crippen LogP contribution in [-0.4, -0.2) is 38.1 Å². The van der Waals surface area contributed by atoms with Crippen molar-refractivity contribution in [1.29, 1.82) is 0 Å². The van der Waals surface area contributed by atoms with Gasteiger partial charge in [-0.15, -0.1) is 0 Å². The average molecular weight is 326 g/mol. The molecule has 0 saturated carbocycles. The number of benzene rings is 2. The number of amides is 1. The third-order valence-electron chi connectivity index (χ3n) is 3.90. The second kappa shape index (κ2) is 9.08. The Bertz CT molecular complexity index is 653. The topological polar surface area (TPSA) is 41.6 Å². The molecule has 1 amide bonds. The number of hydrogen-bond donors (Lipinski definition) is 1. The summed E-state index contributed by atoms with van der Waals surface area (Å²) in [7, 11) is 3.62. The molecule has 4 heteroatoms. The Morgan fingerprint density at radius 2 is 1.83 bits per heavy atom. The van der Waals surface area contributed by atoms with E-state index in [0.717, 1.165) is 24.3 Å². The third-order valence-corrected chi connectivity index (χ3v) is 3.90. The van der Waals surface area contributed by atoms with Crippen LogP contribution in [0.2, 0.25) is 0 Å². The number of methoxy groups -OCH3 is 1. The molecule has 2 rings (SSSR count). The molecule has 2 aromatic carbocycles. The molecule has 0 fully saturated rings. The van der Waals surface area contributed by atoms with Crippen LogP contribution in [0.15, 0.2) is 48.5 Å². The Labute approximate surface area is 144 Å². The van der Waals surface area contributed by atoms with Gasteiger partial charge in [0.05, 0.1) is 13.7 Å². The first kappa shape index (κ1) is 18.0. The van der Waals surface area contributed by atoms with Gasteiger partial charge >= 0.3 is 0 Å². The molecule has 128 valence electrons. The highest BCUT2D eigenvalue weighted by molar-refractivity contribution is 5.77. The molecule has 24 heavy (non-hydrogen) atoms. The lowest BCUT2D eigenvalue weighted by atomic mass is 10.1. The summed E-state index contributed by atoms with van der Waals surface area (Å²) in [6.45, 7) is 3.83. The first-order valence-electron chi connectivity index (χ1n) is 8.21. The molecule has 0 bridgehead atoms. The monoisotopic (exact) mass is 326 g/mol. The number of hydrogen-bond acceptors (Lipinski definition) is 3. The molecule has 0 aromatic heterocycles. The van der Waals surface area contributed by atoms with Gasteiger partial charge in [-0.3, -0.25) is 9.69 Å². The number of para-hydroxylation sites is 1. The fourth-order valence-electron chi connectivity index (χ4n) is 2.61. The number of aryl methyl sites for hydroxylation is 1. The van der Waals surface area contributed by atoms with Gasteiger partial charge in [-0.25, -0.2) is 0 Å². The average Bonchev–Trinajstić information content (AvgIpc) is 2.57. The highest BCUT2D eigenvalue weighted by atomic mass is 16.5. The summed E-state index contributed by atoms with van der Waals surface area (Å²) >= 11 is 0. The van der Waals surface area contributed by atoms with Gasteiger partial charge in [0, 0.05) is 13.1 Å². The Morgan fingerprint density at radius 3 is 2.54 bits per heavy atom. The van der Waals surface area contributed by atoms with Gasteiger partial charge in [-0.1, -0.05) is 48.0 Å². The van der Waals surface area contributed by atoms with Crippen LogP contribution in [0.1, 0.15) is 16.7 Å². The number of nitrogens with one attached hydrogen (secondary N) is 1. The lowest BCUT2D eigenvalue weighted by molar-refractivity contribution is -0.122. The van der Waals surface area contributed by atoms with Gasteiger partial charge in [-0.2, -0.15) is 0 Å². The standard InChI is InChI=1S/C20H26N2O2/c1-16-8-10-17(11-9-16)14-22(2)15-20(23)21-13-12-18-6-4-5-7-19(18)24-3/h4-11H,12-15H2,1-3H3,(H,21,23). The number of carbonyl (C=O) groups is 1. The van der Waals surface area contributed by atoms with Gasteiger partial charge < -0.3 is 10.1 Å². The molecule has 0 unspecified atom stereocenters. The predicted molar refractivity (Wildman–Crippen MR) is 97.2 cm³/mol. The molecule has 0 spiro atoms. The van der Waals surface area contributed by atoms with Crippen molar-refractivity contribution in [1.82, 2.24) is 10.2 Å². The molecule has 0 aliphatic carbocycles. The third kappa shape index (κ3) is 5.70. The van der Waals surface area contributed by atoms with Crippen molar-refractivity contribution >= 4 is 5.91 Å². The molecule has 0 heterocycles. The summed E-state index contributed by atoms with van der Waals surface area (Å²) in [5, 5.41) is 2.97. The maximum atomic E-state index is 12.1. The zero-order chi connectivity index (χ0) is 17.4. The van der Waals surface area contributed by atoms with Crippen LogP contribution >= 0.6 is 0 Å². The van der Waals surface area contributed by atoms with E-state index >= 15 is 0 Å². The summed E-state index contributed by atoms with van der Waals surface area (Å²) < 4.78 is 5.32. The van der Waals surface area contributed by atoms with Crippen molar-refractivity contribution in [3.8, 4) is 5.75 Å². The predicted octanol–water partition coefficient (Wildman–Crippen LogP) is 2.79. The van der Waals surface area contributed by atoms with Crippen molar-refractivity contribution in [3.63, 3.8) is 0 Å². The number of rotatable bonds is 8. The van der Waals surface area contributed by atoms with E-state index in [2.05, 4.69) is 36.5 Å². The van der Waals surface area contributed by atoms with Crippen LogP contribution in [0, 0.1) is 6.92 Å². The fourth-order valence-corrected chi connectivity index (χ4v) is 2.61. The van der Waals surface area contributed by atoms with E-state index in [4.69, 9.17) is 4.74 Å². The van der Waals surface area contributed by atoms with Crippen LogP contribution in [0.4, 0.5) is 0 Å². The Hall–Kier alpha value is -2.33. The second-order valence-corrected chi connectivity index (χ2v) is 6.07. The van der Waals surface area contributed by atoms with Gasteiger partial charge in [0.2, 0.25) is 5.91 Å². The molecular weight excluding hydrogens is 300 g/mol. The maximum Gasteiger partial charge on any atom is 0.234 e. The summed E-state index contributed by atoms with van der Waals surface area (Å²) in [5.41, 5.74) is 3.56. The van der Waals surface area contributed by atoms with E-state index < -0.39 is 0 Å². The van der Waals surface area contributed by atoms with Crippen molar-refractivity contribution in [3.05, 3.63) is 65.2 Å². The second-order valence-electron chi connectivity index (χ2n) is 6.07. The molecular formula is C20H26N2O2. The fraction of sp³-hybridized carbons (Fsp3) is 0.350. The minimum Gasteiger partial charge on any atom is -0.496 e. The van der Waals surface area contributed by atoms with E-state index in [0.29, 0.717) is 13.1 Å². The van der Waals surface area contributed by atoms with Crippen molar-refractivity contribution in [2.45, 2.75) is 19.9 Å². The minimum atomic E-state index is 0.0412. The molecule has 4 nitrogen and oxygen atoms in total. The van der Waals surface area contributed by atoms with E-state index in [-0.39, 0.29) is 5.91 Å². The summed E-state index contributed by atoms with van der Waals surface area (Å²) in [6, 6.07) is 16.3. The van der Waals surface area contributed by atoms with Crippen molar-refractivity contribution in [2.24, 2.45) is 0 Å². The Kier molecular flexibility index (Phi) is 6.82. The Balaban J connectivity index is 1.73. The minimum absolute atomic E-state index is 0.0412. The largest absolute Gasteiger partial charge is 0.496 e. The highest BCUT2D eigenvalue weighted by Crippen LogP contribution is 2.17. The zero-order valence-corrected chi connectivity index (χ0v) is 14.7. The van der Waals surface area contributed by atoms with Crippen LogP contribution in [0.3, 0.4) is 0 Å². The van der Waals surface area contributed by atoms with Gasteiger partial charge in [-0.05, 0) is 37.6 Å². The van der Waals surface area contributed by atoms with E-state index in [1.807, 2.05) is 36.2 Å². The SMILES string of the molecule is COc1ccccc1CCNC(=O)CN(C)Cc1ccc(C)cc1. The first-order chi connectivity index (χ1) is 11.6. The quantitative estimate of drug-likeness (QED) is 0.811. The molecule has 0 aliphatic rings. The number of ether oxygens (including phenoxy) is 1. The molecule has 0 atom stereocenters. The molecule has 0 aliphatic heterocycles. The van der Waals surface area contributed by atoms with Gasteiger partial charge in [0.1, 0.15) is 5.75 Å². The summed E-state index contributed by atoms with van der Waals surface area (Å²) in [4.78, 5) is 14.1. The normalized spacial score (nSPS) is 10.7. The Morgan fingerprint density at radius 1 is 1.12 bits per heavy atom. The van der Waals surface area contributed by atoms with Gasteiger partial charge in [0.25, 0.3) is 0 Å². The lowest BCUT2D eigenvalue weighted by Crippen LogP contribution is -2.35. The smallest absolute Gasteiger partial charge is 0.234 e. The van der Waals surface area contributed by atoms with Crippen molar-refractivity contribution in [2.75, 3.05) is 27.2 Å². The van der Waals surface area contributed by atoms with Crippen LogP contribution in [0.5, 0.6) is 5.75 Å². The first-order valence-corrected chi connectivity index (χ1v) is 8.21. The van der Waals surface area contributed by atoms with Crippen LogP contribution in [-0.2, 0) is 17.8 Å². The van der Waals surface area contributed by atoms with Crippen LogP contribution in [0.25, 0.3) is 0 Å². The molecule has 0 saturated heterocycles. The number of likely N-dealkylation sites (N-methyl/N-ethyl adjacent to an activating group) is 1. The lowest BCUT2D eigenvalue weighted by Gasteiger charge is -2.16. The molecule has 0 radical (unpaired) electrons. The van der Waals surface area contributed by atoms with Crippen LogP contribution < -0.4 is 10.1 Å². The maximum absolute atomic E-state index is 12.1. The zero-order valence-electron chi connectivity index (χ0n) is 14.7. The molecule has 2 aromatic rings. The van der Waals surface area contributed by atoms with E-state index in [1.165, 1.54) is 11.1 Å². The molecule has 1 N–H and O–H groups in total. The van der Waals surface area contributed by atoms with E-state index in [1.54, 1.807) is 7.11 Å².